The Morgan fingerprint density at radius 2 is 1.87 bits per heavy atom. The van der Waals surface area contributed by atoms with Crippen molar-refractivity contribution in [3.8, 4) is 0 Å². The van der Waals surface area contributed by atoms with Crippen LogP contribution in [0.3, 0.4) is 0 Å². The third-order valence-corrected chi connectivity index (χ3v) is 3.53. The summed E-state index contributed by atoms with van der Waals surface area (Å²) in [6.45, 7) is 6.02. The van der Waals surface area contributed by atoms with Crippen molar-refractivity contribution in [2.45, 2.75) is 24.7 Å². The second-order valence-electron chi connectivity index (χ2n) is 3.42. The highest BCUT2D eigenvalue weighted by molar-refractivity contribution is 7.89. The number of sulfonamides is 1. The molecule has 0 aliphatic carbocycles. The normalized spacial score (nSPS) is 11.6. The molecule has 0 aliphatic heterocycles. The van der Waals surface area contributed by atoms with Gasteiger partial charge < -0.3 is 0 Å². The largest absolute Gasteiger partial charge is 0.240 e. The van der Waals surface area contributed by atoms with Gasteiger partial charge >= 0.3 is 0 Å². The molecule has 0 atom stereocenters. The average Bonchev–Trinajstić information content (AvgIpc) is 2.18. The van der Waals surface area contributed by atoms with Crippen molar-refractivity contribution in [2.24, 2.45) is 0 Å². The Labute approximate surface area is 91.6 Å². The Bertz CT molecular complexity index is 395. The Morgan fingerprint density at radius 3 is 2.40 bits per heavy atom. The summed E-state index contributed by atoms with van der Waals surface area (Å²) in [5.74, 6) is 0. The average molecular weight is 226 g/mol. The molecule has 0 saturated heterocycles. The van der Waals surface area contributed by atoms with E-state index in [2.05, 4.69) is 11.6 Å². The fourth-order valence-electron chi connectivity index (χ4n) is 1.13. The predicted octanol–water partition coefficient (Wildman–Crippen LogP) is 1.89. The van der Waals surface area contributed by atoms with Gasteiger partial charge in [-0.1, -0.05) is 31.0 Å². The van der Waals surface area contributed by atoms with Gasteiger partial charge in [0.05, 0.1) is 4.90 Å². The van der Waals surface area contributed by atoms with Crippen molar-refractivity contribution in [2.75, 3.05) is 6.54 Å². The highest BCUT2D eigenvalue weighted by atomic mass is 32.2. The Kier molecular flexibility index (Phi) is 4.29. The van der Waals surface area contributed by atoms with E-state index >= 15 is 0 Å². The summed E-state index contributed by atoms with van der Waals surface area (Å²) in [7, 11) is -3.33. The van der Waals surface area contributed by atoms with Crippen LogP contribution in [0.15, 0.2) is 29.2 Å². The molecule has 0 heterocycles. The smallest absolute Gasteiger partial charge is 0.211 e. The van der Waals surface area contributed by atoms with E-state index in [0.29, 0.717) is 11.4 Å². The number of hydrogen-bond acceptors (Lipinski definition) is 2. The maximum atomic E-state index is 11.7. The van der Waals surface area contributed by atoms with E-state index in [4.69, 9.17) is 0 Å². The maximum Gasteiger partial charge on any atom is 0.240 e. The van der Waals surface area contributed by atoms with Gasteiger partial charge in [0, 0.05) is 6.54 Å². The van der Waals surface area contributed by atoms with Gasteiger partial charge in [0.15, 0.2) is 0 Å². The first-order valence-corrected chi connectivity index (χ1v) is 6.40. The minimum atomic E-state index is -3.33. The lowest BCUT2D eigenvalue weighted by Crippen LogP contribution is -2.24. The second kappa shape index (κ2) is 5.28. The quantitative estimate of drug-likeness (QED) is 0.779. The monoisotopic (exact) mass is 226 g/mol. The van der Waals surface area contributed by atoms with Crippen molar-refractivity contribution in [3.63, 3.8) is 0 Å². The third-order valence-electron chi connectivity index (χ3n) is 2.05. The summed E-state index contributed by atoms with van der Waals surface area (Å²) in [5.41, 5.74) is 1.05. The number of unbranched alkanes of at least 4 members (excludes halogenated alkanes) is 1. The summed E-state index contributed by atoms with van der Waals surface area (Å²) >= 11 is 0. The van der Waals surface area contributed by atoms with Crippen LogP contribution in [-0.4, -0.2) is 15.0 Å². The van der Waals surface area contributed by atoms with E-state index < -0.39 is 10.0 Å². The molecule has 1 radical (unpaired) electrons. The fraction of sp³-hybridized carbons (Fsp3) is 0.364. The minimum absolute atomic E-state index is 0.317. The number of rotatable bonds is 5. The van der Waals surface area contributed by atoms with Crippen LogP contribution in [0.25, 0.3) is 0 Å². The van der Waals surface area contributed by atoms with Crippen molar-refractivity contribution in [1.82, 2.24) is 4.72 Å². The molecule has 83 valence electrons. The van der Waals surface area contributed by atoms with Crippen LogP contribution in [-0.2, 0) is 10.0 Å². The van der Waals surface area contributed by atoms with E-state index in [0.717, 1.165) is 18.4 Å². The van der Waals surface area contributed by atoms with E-state index in [-0.39, 0.29) is 0 Å². The lowest BCUT2D eigenvalue weighted by molar-refractivity contribution is 0.579. The molecule has 3 nitrogen and oxygen atoms in total. The molecule has 0 saturated carbocycles. The van der Waals surface area contributed by atoms with Gasteiger partial charge in [-0.2, -0.15) is 0 Å². The number of nitrogens with one attached hydrogen (secondary N) is 1. The lowest BCUT2D eigenvalue weighted by atomic mass is 10.2. The summed E-state index contributed by atoms with van der Waals surface area (Å²) < 4.78 is 25.9. The molecule has 4 heteroatoms. The number of aryl methyl sites for hydroxylation is 1. The molecule has 0 fully saturated rings. The molecule has 1 aromatic rings. The first-order chi connectivity index (χ1) is 7.06. The van der Waals surface area contributed by atoms with Gasteiger partial charge in [-0.25, -0.2) is 13.1 Å². The summed E-state index contributed by atoms with van der Waals surface area (Å²) in [6.07, 6.45) is 1.49. The van der Waals surface area contributed by atoms with Crippen molar-refractivity contribution < 1.29 is 8.42 Å². The lowest BCUT2D eigenvalue weighted by Gasteiger charge is -2.05. The first kappa shape index (κ1) is 12.2. The van der Waals surface area contributed by atoms with Crippen LogP contribution in [0.1, 0.15) is 18.4 Å². The summed E-state index contributed by atoms with van der Waals surface area (Å²) in [4.78, 5) is 0.317. The van der Waals surface area contributed by atoms with Crippen LogP contribution < -0.4 is 4.72 Å². The van der Waals surface area contributed by atoms with Gasteiger partial charge in [-0.15, -0.1) is 0 Å². The SMILES string of the molecule is [CH2]CCCNS(=O)(=O)c1ccc(C)cc1. The van der Waals surface area contributed by atoms with E-state index in [9.17, 15) is 8.42 Å². The Hall–Kier alpha value is -0.870. The van der Waals surface area contributed by atoms with Crippen molar-refractivity contribution in [3.05, 3.63) is 36.8 Å². The summed E-state index contributed by atoms with van der Waals surface area (Å²) in [6, 6.07) is 6.80. The van der Waals surface area contributed by atoms with Gasteiger partial charge in [0.1, 0.15) is 0 Å². The van der Waals surface area contributed by atoms with E-state index in [1.54, 1.807) is 24.3 Å². The van der Waals surface area contributed by atoms with Crippen LogP contribution >= 0.6 is 0 Å². The van der Waals surface area contributed by atoms with E-state index in [1.165, 1.54) is 0 Å². The Balaban J connectivity index is 2.73. The van der Waals surface area contributed by atoms with Crippen LogP contribution in [0.5, 0.6) is 0 Å². The molecular weight excluding hydrogens is 210 g/mol. The van der Waals surface area contributed by atoms with Gasteiger partial charge in [-0.05, 0) is 25.5 Å². The number of hydrogen-bond donors (Lipinski definition) is 1. The van der Waals surface area contributed by atoms with Crippen molar-refractivity contribution >= 4 is 10.0 Å². The van der Waals surface area contributed by atoms with Crippen LogP contribution in [0.2, 0.25) is 0 Å². The van der Waals surface area contributed by atoms with Crippen molar-refractivity contribution in [1.29, 1.82) is 0 Å². The molecule has 1 aromatic carbocycles. The third kappa shape index (κ3) is 3.64. The fourth-order valence-corrected chi connectivity index (χ4v) is 2.21. The van der Waals surface area contributed by atoms with Crippen LogP contribution in [0.4, 0.5) is 0 Å². The maximum absolute atomic E-state index is 11.7. The highest BCUT2D eigenvalue weighted by Crippen LogP contribution is 2.09. The standard InChI is InChI=1S/C11H16NO2S/c1-3-4-9-12-15(13,14)11-7-5-10(2)6-8-11/h5-8,12H,1,3-4,9H2,2H3. The molecule has 0 aliphatic rings. The van der Waals surface area contributed by atoms with Gasteiger partial charge in [0.2, 0.25) is 10.0 Å². The molecule has 1 N–H and O–H groups in total. The minimum Gasteiger partial charge on any atom is -0.211 e. The second-order valence-corrected chi connectivity index (χ2v) is 5.18. The van der Waals surface area contributed by atoms with E-state index in [1.807, 2.05) is 6.92 Å². The molecule has 0 aromatic heterocycles. The first-order valence-electron chi connectivity index (χ1n) is 4.92. The molecule has 15 heavy (non-hydrogen) atoms. The van der Waals surface area contributed by atoms with Gasteiger partial charge in [0.25, 0.3) is 0 Å². The zero-order valence-corrected chi connectivity index (χ0v) is 9.68. The number of benzene rings is 1. The molecule has 0 bridgehead atoms. The highest BCUT2D eigenvalue weighted by Gasteiger charge is 2.11. The molecule has 0 spiro atoms. The predicted molar refractivity (Wildman–Crippen MR) is 61.0 cm³/mol. The molecular formula is C11H16NO2S. The van der Waals surface area contributed by atoms with Gasteiger partial charge in [-0.3, -0.25) is 0 Å². The van der Waals surface area contributed by atoms with Crippen LogP contribution in [0, 0.1) is 13.8 Å². The Morgan fingerprint density at radius 1 is 1.27 bits per heavy atom. The zero-order chi connectivity index (χ0) is 11.3. The molecule has 0 amide bonds. The summed E-state index contributed by atoms with van der Waals surface area (Å²) in [5, 5.41) is 0. The molecule has 0 unspecified atom stereocenters. The topological polar surface area (TPSA) is 46.2 Å². The molecule has 1 rings (SSSR count). The zero-order valence-electron chi connectivity index (χ0n) is 8.86.